The second kappa shape index (κ2) is 6.21. The Labute approximate surface area is 138 Å². The maximum atomic E-state index is 12.6. The fraction of sp³-hybridized carbons (Fsp3) is 0.571. The third-order valence-corrected chi connectivity index (χ3v) is 7.32. The molecule has 1 aliphatic heterocycles. The van der Waals surface area contributed by atoms with Gasteiger partial charge in [-0.05, 0) is 37.1 Å². The molecule has 1 aliphatic carbocycles. The van der Waals surface area contributed by atoms with Crippen LogP contribution in [0.5, 0.6) is 0 Å². The first-order valence-corrected chi connectivity index (χ1v) is 9.83. The first kappa shape index (κ1) is 16.4. The minimum absolute atomic E-state index is 0.0519. The monoisotopic (exact) mass is 358 g/mol. The predicted octanol–water partition coefficient (Wildman–Crippen LogP) is 1.13. The Bertz CT molecular complexity index is 715. The number of amides is 1. The molecule has 23 heavy (non-hydrogen) atoms. The molecule has 1 saturated heterocycles. The van der Waals surface area contributed by atoms with E-state index in [0.717, 1.165) is 24.2 Å². The smallest absolute Gasteiger partial charge is 0.306 e. The van der Waals surface area contributed by atoms with E-state index in [1.807, 2.05) is 0 Å². The Morgan fingerprint density at radius 2 is 1.91 bits per heavy atom. The van der Waals surface area contributed by atoms with Crippen molar-refractivity contribution in [1.82, 2.24) is 9.62 Å². The molecule has 1 aromatic rings. The van der Waals surface area contributed by atoms with E-state index in [0.29, 0.717) is 25.9 Å². The number of nitrogens with one attached hydrogen (secondary N) is 1. The van der Waals surface area contributed by atoms with Crippen molar-refractivity contribution in [3.63, 3.8) is 0 Å². The SMILES string of the molecule is O=C(NC1CC(C(=O)O)C1)c1sccc1S(=O)(=O)N1CCCC1. The van der Waals surface area contributed by atoms with Crippen LogP contribution in [0, 0.1) is 5.92 Å². The van der Waals surface area contributed by atoms with E-state index in [1.54, 1.807) is 5.38 Å². The van der Waals surface area contributed by atoms with Gasteiger partial charge in [0.15, 0.2) is 0 Å². The van der Waals surface area contributed by atoms with Crippen molar-refractivity contribution >= 4 is 33.2 Å². The lowest BCUT2D eigenvalue weighted by Crippen LogP contribution is -2.46. The fourth-order valence-electron chi connectivity index (χ4n) is 2.92. The topological polar surface area (TPSA) is 104 Å². The number of thiophene rings is 1. The number of aliphatic carboxylic acids is 1. The van der Waals surface area contributed by atoms with E-state index < -0.39 is 27.8 Å². The van der Waals surface area contributed by atoms with Gasteiger partial charge in [-0.3, -0.25) is 9.59 Å². The lowest BCUT2D eigenvalue weighted by Gasteiger charge is -2.32. The van der Waals surface area contributed by atoms with E-state index in [1.165, 1.54) is 10.4 Å². The summed E-state index contributed by atoms with van der Waals surface area (Å²) in [6.07, 6.45) is 2.45. The normalized spacial score (nSPS) is 25.0. The van der Waals surface area contributed by atoms with Crippen LogP contribution < -0.4 is 5.32 Å². The molecular weight excluding hydrogens is 340 g/mol. The van der Waals surface area contributed by atoms with Crippen LogP contribution in [0.2, 0.25) is 0 Å². The second-order valence-corrected chi connectivity index (χ2v) is 8.72. The first-order valence-electron chi connectivity index (χ1n) is 7.51. The third-order valence-electron chi connectivity index (χ3n) is 4.34. The lowest BCUT2D eigenvalue weighted by atomic mass is 9.80. The molecule has 0 bridgehead atoms. The van der Waals surface area contributed by atoms with Crippen LogP contribution in [0.15, 0.2) is 16.3 Å². The van der Waals surface area contributed by atoms with Crippen LogP contribution in [0.25, 0.3) is 0 Å². The second-order valence-electron chi connectivity index (χ2n) is 5.90. The average Bonchev–Trinajstić information content (AvgIpc) is 3.11. The predicted molar refractivity (Wildman–Crippen MR) is 83.9 cm³/mol. The molecule has 2 N–H and O–H groups in total. The molecule has 3 rings (SSSR count). The standard InChI is InChI=1S/C14H18N2O5S2/c17-13(15-10-7-9(8-10)14(18)19)12-11(3-6-22-12)23(20,21)16-4-1-2-5-16/h3,6,9-10H,1-2,4-5,7-8H2,(H,15,17)(H,18,19). The number of carbonyl (C=O) groups is 2. The summed E-state index contributed by atoms with van der Waals surface area (Å²) < 4.78 is 26.6. The van der Waals surface area contributed by atoms with Gasteiger partial charge in [-0.25, -0.2) is 8.42 Å². The van der Waals surface area contributed by atoms with Crippen molar-refractivity contribution in [3.8, 4) is 0 Å². The molecular formula is C14H18N2O5S2. The summed E-state index contributed by atoms with van der Waals surface area (Å²) in [7, 11) is -3.63. The largest absolute Gasteiger partial charge is 0.481 e. The number of carboxylic acids is 1. The Balaban J connectivity index is 1.71. The van der Waals surface area contributed by atoms with E-state index in [2.05, 4.69) is 5.32 Å². The maximum Gasteiger partial charge on any atom is 0.306 e. The van der Waals surface area contributed by atoms with Gasteiger partial charge < -0.3 is 10.4 Å². The highest BCUT2D eigenvalue weighted by Gasteiger charge is 2.37. The molecule has 2 heterocycles. The highest BCUT2D eigenvalue weighted by Crippen LogP contribution is 2.30. The van der Waals surface area contributed by atoms with Gasteiger partial charge in [0.05, 0.1) is 5.92 Å². The Morgan fingerprint density at radius 3 is 2.52 bits per heavy atom. The molecule has 0 radical (unpaired) electrons. The summed E-state index contributed by atoms with van der Waals surface area (Å²) in [5, 5.41) is 13.2. The molecule has 1 amide bonds. The van der Waals surface area contributed by atoms with Gasteiger partial charge in [-0.1, -0.05) is 0 Å². The number of rotatable bonds is 5. The van der Waals surface area contributed by atoms with Gasteiger partial charge >= 0.3 is 5.97 Å². The van der Waals surface area contributed by atoms with Crippen LogP contribution in [0.4, 0.5) is 0 Å². The van der Waals surface area contributed by atoms with Gasteiger partial charge in [0.2, 0.25) is 10.0 Å². The zero-order chi connectivity index (χ0) is 16.6. The van der Waals surface area contributed by atoms with Crippen molar-refractivity contribution in [3.05, 3.63) is 16.3 Å². The van der Waals surface area contributed by atoms with E-state index >= 15 is 0 Å². The van der Waals surface area contributed by atoms with E-state index in [-0.39, 0.29) is 15.8 Å². The van der Waals surface area contributed by atoms with Gasteiger partial charge in [0.25, 0.3) is 5.91 Å². The zero-order valence-corrected chi connectivity index (χ0v) is 14.0. The fourth-order valence-corrected chi connectivity index (χ4v) is 5.74. The summed E-state index contributed by atoms with van der Waals surface area (Å²) in [5.41, 5.74) is 0. The number of sulfonamides is 1. The molecule has 9 heteroatoms. The third kappa shape index (κ3) is 3.13. The molecule has 126 valence electrons. The molecule has 7 nitrogen and oxygen atoms in total. The number of nitrogens with zero attached hydrogens (tertiary/aromatic N) is 1. The maximum absolute atomic E-state index is 12.6. The van der Waals surface area contributed by atoms with Crippen LogP contribution in [-0.4, -0.2) is 48.8 Å². The Morgan fingerprint density at radius 1 is 1.26 bits per heavy atom. The molecule has 0 spiro atoms. The molecule has 2 aliphatic rings. The molecule has 0 aromatic carbocycles. The van der Waals surface area contributed by atoms with Crippen molar-refractivity contribution < 1.29 is 23.1 Å². The van der Waals surface area contributed by atoms with Crippen molar-refractivity contribution in [2.24, 2.45) is 5.92 Å². The van der Waals surface area contributed by atoms with Gasteiger partial charge in [-0.2, -0.15) is 4.31 Å². The summed E-state index contributed by atoms with van der Waals surface area (Å²) in [4.78, 5) is 23.3. The van der Waals surface area contributed by atoms with E-state index in [9.17, 15) is 18.0 Å². The number of carboxylic acid groups (broad SMARTS) is 1. The van der Waals surface area contributed by atoms with Crippen LogP contribution in [0.3, 0.4) is 0 Å². The summed E-state index contributed by atoms with van der Waals surface area (Å²) in [5.74, 6) is -1.72. The van der Waals surface area contributed by atoms with Gasteiger partial charge in [0.1, 0.15) is 9.77 Å². The highest BCUT2D eigenvalue weighted by molar-refractivity contribution is 7.89. The van der Waals surface area contributed by atoms with Crippen molar-refractivity contribution in [2.45, 2.75) is 36.6 Å². The van der Waals surface area contributed by atoms with Gasteiger partial charge in [-0.15, -0.1) is 11.3 Å². The number of carbonyl (C=O) groups excluding carboxylic acids is 1. The molecule has 2 fully saturated rings. The lowest BCUT2D eigenvalue weighted by molar-refractivity contribution is -0.145. The van der Waals surface area contributed by atoms with Gasteiger partial charge in [0, 0.05) is 19.1 Å². The van der Waals surface area contributed by atoms with Crippen LogP contribution >= 0.6 is 11.3 Å². The first-order chi connectivity index (χ1) is 10.9. The number of hydrogen-bond acceptors (Lipinski definition) is 5. The molecule has 1 aromatic heterocycles. The minimum atomic E-state index is -3.63. The zero-order valence-electron chi connectivity index (χ0n) is 12.4. The minimum Gasteiger partial charge on any atom is -0.481 e. The van der Waals surface area contributed by atoms with Crippen LogP contribution in [0.1, 0.15) is 35.4 Å². The summed E-state index contributed by atoms with van der Waals surface area (Å²) in [6.45, 7) is 0.976. The average molecular weight is 358 g/mol. The molecule has 0 atom stereocenters. The van der Waals surface area contributed by atoms with Crippen molar-refractivity contribution in [1.29, 1.82) is 0 Å². The quantitative estimate of drug-likeness (QED) is 0.821. The highest BCUT2D eigenvalue weighted by atomic mass is 32.2. The Hall–Kier alpha value is -1.45. The Kier molecular flexibility index (Phi) is 4.43. The molecule has 1 saturated carbocycles. The molecule has 0 unspecified atom stereocenters. The number of hydrogen-bond donors (Lipinski definition) is 2. The summed E-state index contributed by atoms with van der Waals surface area (Å²) >= 11 is 1.09. The van der Waals surface area contributed by atoms with Crippen LogP contribution in [-0.2, 0) is 14.8 Å². The van der Waals surface area contributed by atoms with Crippen molar-refractivity contribution in [2.75, 3.05) is 13.1 Å². The van der Waals surface area contributed by atoms with E-state index in [4.69, 9.17) is 5.11 Å². The summed E-state index contributed by atoms with van der Waals surface area (Å²) in [6, 6.07) is 1.27.